The van der Waals surface area contributed by atoms with Gasteiger partial charge in [0.1, 0.15) is 34.9 Å². The van der Waals surface area contributed by atoms with Gasteiger partial charge in [0.05, 0.1) is 5.69 Å². The number of nitrogens with zero attached hydrogens (tertiary/aromatic N) is 5. The number of fused-ring (bicyclic) bond motifs is 2. The molecule has 0 aliphatic carbocycles. The summed E-state index contributed by atoms with van der Waals surface area (Å²) in [6, 6.07) is 7.09. The highest BCUT2D eigenvalue weighted by Gasteiger charge is 2.32. The zero-order valence-corrected chi connectivity index (χ0v) is 18.4. The Morgan fingerprint density at radius 1 is 1.27 bits per heavy atom. The summed E-state index contributed by atoms with van der Waals surface area (Å²) in [5, 5.41) is 23.9. The number of carbonyl (C=O) groups excluding carboxylic acids is 1. The summed E-state index contributed by atoms with van der Waals surface area (Å²) in [6.07, 6.45) is 1.45. The number of pyridine rings is 1. The quantitative estimate of drug-likeness (QED) is 0.378. The van der Waals surface area contributed by atoms with Crippen LogP contribution in [0.2, 0.25) is 0 Å². The van der Waals surface area contributed by atoms with Gasteiger partial charge < -0.3 is 21.5 Å². The van der Waals surface area contributed by atoms with Gasteiger partial charge in [-0.2, -0.15) is 10.5 Å². The van der Waals surface area contributed by atoms with Crippen LogP contribution in [0.1, 0.15) is 54.6 Å². The second kappa shape index (κ2) is 7.88. The third-order valence-corrected chi connectivity index (χ3v) is 5.28. The number of nitrogen functional groups attached to an aromatic ring is 2. The molecule has 0 spiro atoms. The van der Waals surface area contributed by atoms with E-state index >= 15 is 0 Å². The Bertz CT molecular complexity index is 1260. The molecule has 1 aromatic carbocycles. The van der Waals surface area contributed by atoms with E-state index in [0.29, 0.717) is 24.5 Å². The molecule has 1 unspecified atom stereocenters. The lowest BCUT2D eigenvalue weighted by Crippen LogP contribution is -2.33. The predicted octanol–water partition coefficient (Wildman–Crippen LogP) is 2.31. The Balaban J connectivity index is 1.73. The Hall–Kier alpha value is -4.51. The first-order valence-electron chi connectivity index (χ1n) is 10.2. The smallest absolute Gasteiger partial charge is 0.410 e. The Kier molecular flexibility index (Phi) is 5.18. The molecule has 3 heterocycles. The topological polar surface area (TPSA) is 178 Å². The number of aromatic nitrogens is 1. The maximum atomic E-state index is 12.5. The van der Waals surface area contributed by atoms with Crippen LogP contribution in [0.4, 0.5) is 22.1 Å². The molecule has 0 fully saturated rings. The number of nitrogens with one attached hydrogen (secondary N) is 2. The number of benzene rings is 1. The van der Waals surface area contributed by atoms with Crippen LogP contribution in [0.25, 0.3) is 0 Å². The van der Waals surface area contributed by atoms with E-state index in [2.05, 4.69) is 20.6 Å². The van der Waals surface area contributed by atoms with E-state index in [1.807, 2.05) is 51.2 Å². The van der Waals surface area contributed by atoms with Crippen molar-refractivity contribution >= 4 is 29.4 Å². The molecule has 11 heteroatoms. The maximum absolute atomic E-state index is 12.5. The summed E-state index contributed by atoms with van der Waals surface area (Å²) in [7, 11) is 0. The van der Waals surface area contributed by atoms with Crippen molar-refractivity contribution < 1.29 is 9.53 Å². The standard InChI is InChI=1S/C22H23N9O2/c1-22(2,3)33-21(32)31-8-12-5-4-11(6-13(12)9-31)17-15-16(25)14(7-23)18(26)29-19(15)30-20(28-17)27-10-24/h4-6,17H,8-9H2,1-3H3,(H6,25,26,27,28,29,30). The number of hydrogen-bond acceptors (Lipinski definition) is 10. The van der Waals surface area contributed by atoms with Crippen molar-refractivity contribution in [2.45, 2.75) is 45.5 Å². The van der Waals surface area contributed by atoms with Gasteiger partial charge in [0, 0.05) is 18.7 Å². The minimum Gasteiger partial charge on any atom is -0.444 e. The van der Waals surface area contributed by atoms with Crippen LogP contribution < -0.4 is 22.1 Å². The van der Waals surface area contributed by atoms with E-state index < -0.39 is 11.6 Å². The average molecular weight is 445 g/mol. The summed E-state index contributed by atoms with van der Waals surface area (Å²) in [4.78, 5) is 23.0. The average Bonchev–Trinajstić information content (AvgIpc) is 3.16. The normalized spacial score (nSPS) is 16.5. The summed E-state index contributed by atoms with van der Waals surface area (Å²) in [6.45, 7) is 6.31. The monoisotopic (exact) mass is 445 g/mol. The predicted molar refractivity (Wildman–Crippen MR) is 121 cm³/mol. The third kappa shape index (κ3) is 4.04. The Morgan fingerprint density at radius 2 is 2.00 bits per heavy atom. The first-order valence-corrected chi connectivity index (χ1v) is 10.2. The minimum absolute atomic E-state index is 0.0137. The fraction of sp³-hybridized carbons (Fsp3) is 0.318. The van der Waals surface area contributed by atoms with Gasteiger partial charge in [0.15, 0.2) is 6.19 Å². The number of aliphatic imine (C=N–C) groups is 1. The highest BCUT2D eigenvalue weighted by atomic mass is 16.6. The molecule has 2 aliphatic rings. The van der Waals surface area contributed by atoms with Gasteiger partial charge in [0.25, 0.3) is 0 Å². The van der Waals surface area contributed by atoms with Gasteiger partial charge in [0.2, 0.25) is 5.96 Å². The molecule has 0 saturated heterocycles. The lowest BCUT2D eigenvalue weighted by Gasteiger charge is -2.26. The molecule has 1 amide bonds. The number of guanidine groups is 1. The minimum atomic E-state index is -0.641. The summed E-state index contributed by atoms with van der Waals surface area (Å²) < 4.78 is 5.49. The van der Waals surface area contributed by atoms with Gasteiger partial charge in [-0.1, -0.05) is 18.2 Å². The number of carbonyl (C=O) groups is 1. The van der Waals surface area contributed by atoms with Crippen molar-refractivity contribution in [2.75, 3.05) is 16.8 Å². The molecule has 2 aliphatic heterocycles. The maximum Gasteiger partial charge on any atom is 0.410 e. The van der Waals surface area contributed by atoms with Gasteiger partial charge in [-0.05, 0) is 37.5 Å². The number of rotatable bonds is 1. The second-order valence-corrected chi connectivity index (χ2v) is 8.77. The number of amides is 1. The second-order valence-electron chi connectivity index (χ2n) is 8.77. The number of hydrogen-bond donors (Lipinski definition) is 4. The fourth-order valence-corrected chi connectivity index (χ4v) is 3.86. The van der Waals surface area contributed by atoms with Crippen molar-refractivity contribution in [3.63, 3.8) is 0 Å². The number of ether oxygens (including phenoxy) is 1. The van der Waals surface area contributed by atoms with Crippen LogP contribution in [-0.4, -0.2) is 27.5 Å². The molecular formula is C22H23N9O2. The molecule has 0 saturated carbocycles. The van der Waals surface area contributed by atoms with E-state index in [0.717, 1.165) is 16.7 Å². The summed E-state index contributed by atoms with van der Waals surface area (Å²) in [5.41, 5.74) is 15.1. The van der Waals surface area contributed by atoms with E-state index in [1.165, 1.54) is 0 Å². The SMILES string of the molecule is CC(C)(C)OC(=O)N1Cc2ccc(C3N=C(NC#N)Nc4nc(N)c(C#N)c(N)c43)cc2C1. The molecule has 11 nitrogen and oxygen atoms in total. The van der Waals surface area contributed by atoms with Crippen LogP contribution in [0, 0.1) is 22.8 Å². The molecule has 0 radical (unpaired) electrons. The molecule has 4 rings (SSSR count). The van der Waals surface area contributed by atoms with E-state index in [-0.39, 0.29) is 29.1 Å². The van der Waals surface area contributed by atoms with Gasteiger partial charge >= 0.3 is 6.09 Å². The largest absolute Gasteiger partial charge is 0.444 e. The van der Waals surface area contributed by atoms with Crippen molar-refractivity contribution in [3.8, 4) is 12.3 Å². The fourth-order valence-electron chi connectivity index (χ4n) is 3.86. The molecule has 2 aromatic rings. The van der Waals surface area contributed by atoms with Crippen molar-refractivity contribution in [1.29, 1.82) is 10.5 Å². The molecule has 1 aromatic heterocycles. The van der Waals surface area contributed by atoms with Crippen molar-refractivity contribution in [1.82, 2.24) is 15.2 Å². The zero-order valence-electron chi connectivity index (χ0n) is 18.4. The Morgan fingerprint density at radius 3 is 2.67 bits per heavy atom. The molecule has 0 bridgehead atoms. The Labute approximate surface area is 190 Å². The number of anilines is 3. The van der Waals surface area contributed by atoms with Crippen molar-refractivity contribution in [3.05, 3.63) is 46.0 Å². The van der Waals surface area contributed by atoms with E-state index in [4.69, 9.17) is 21.5 Å². The van der Waals surface area contributed by atoms with Crippen LogP contribution in [0.15, 0.2) is 23.2 Å². The highest BCUT2D eigenvalue weighted by molar-refractivity contribution is 5.98. The van der Waals surface area contributed by atoms with Gasteiger partial charge in [-0.25, -0.2) is 14.8 Å². The van der Waals surface area contributed by atoms with Crippen molar-refractivity contribution in [2.24, 2.45) is 4.99 Å². The van der Waals surface area contributed by atoms with E-state index in [9.17, 15) is 10.1 Å². The number of nitrogens with two attached hydrogens (primary N) is 2. The highest BCUT2D eigenvalue weighted by Crippen LogP contribution is 2.41. The summed E-state index contributed by atoms with van der Waals surface area (Å²) in [5.74, 6) is 0.486. The molecule has 168 valence electrons. The van der Waals surface area contributed by atoms with E-state index in [1.54, 1.807) is 4.90 Å². The molecule has 6 N–H and O–H groups in total. The van der Waals surface area contributed by atoms with Crippen LogP contribution in [0.3, 0.4) is 0 Å². The van der Waals surface area contributed by atoms with Crippen LogP contribution >= 0.6 is 0 Å². The molecule has 1 atom stereocenters. The lowest BCUT2D eigenvalue weighted by atomic mass is 9.93. The zero-order chi connectivity index (χ0) is 23.9. The summed E-state index contributed by atoms with van der Waals surface area (Å²) >= 11 is 0. The molecular weight excluding hydrogens is 422 g/mol. The van der Waals surface area contributed by atoms with Crippen LogP contribution in [0.5, 0.6) is 0 Å². The lowest BCUT2D eigenvalue weighted by molar-refractivity contribution is 0.0242. The third-order valence-electron chi connectivity index (χ3n) is 5.28. The number of nitriles is 2. The van der Waals surface area contributed by atoms with Crippen LogP contribution in [-0.2, 0) is 17.8 Å². The molecule has 33 heavy (non-hydrogen) atoms. The first kappa shape index (κ1) is 21.7. The van der Waals surface area contributed by atoms with Gasteiger partial charge in [-0.15, -0.1) is 0 Å². The first-order chi connectivity index (χ1) is 15.6. The van der Waals surface area contributed by atoms with Gasteiger partial charge in [-0.3, -0.25) is 10.2 Å².